The highest BCUT2D eigenvalue weighted by Gasteiger charge is 2.31. The molecule has 1 fully saturated rings. The van der Waals surface area contributed by atoms with Crippen LogP contribution in [0.5, 0.6) is 0 Å². The minimum Gasteiger partial charge on any atom is -0.336 e. The van der Waals surface area contributed by atoms with Gasteiger partial charge in [0, 0.05) is 31.8 Å². The minimum atomic E-state index is -3.48. The highest BCUT2D eigenvalue weighted by atomic mass is 32.2. The average molecular weight is 362 g/mol. The van der Waals surface area contributed by atoms with Crippen molar-refractivity contribution in [1.29, 1.82) is 0 Å². The van der Waals surface area contributed by atoms with Gasteiger partial charge in [-0.15, -0.1) is 0 Å². The SMILES string of the molecule is CC/C=C(\C)C(=O)N1CCN(S(=O)(=O)c2ccc3c(c2)CCC3)CC1. The van der Waals surface area contributed by atoms with Gasteiger partial charge in [0.25, 0.3) is 0 Å². The number of amides is 1. The standard InChI is InChI=1S/C19H26N2O3S/c1-3-5-15(2)19(22)20-10-12-21(13-11-20)25(23,24)18-9-8-16-6-4-7-17(16)14-18/h5,8-9,14H,3-4,6-7,10-13H2,1-2H3/b15-5+. The van der Waals surface area contributed by atoms with Gasteiger partial charge in [-0.1, -0.05) is 19.1 Å². The van der Waals surface area contributed by atoms with Gasteiger partial charge >= 0.3 is 0 Å². The van der Waals surface area contributed by atoms with Crippen molar-refractivity contribution in [3.8, 4) is 0 Å². The van der Waals surface area contributed by atoms with Crippen LogP contribution in [0.3, 0.4) is 0 Å². The summed E-state index contributed by atoms with van der Waals surface area (Å²) in [5.41, 5.74) is 3.17. The van der Waals surface area contributed by atoms with Gasteiger partial charge in [-0.2, -0.15) is 4.31 Å². The first kappa shape index (κ1) is 18.1. The summed E-state index contributed by atoms with van der Waals surface area (Å²) < 4.78 is 27.3. The molecule has 0 saturated carbocycles. The molecule has 1 aliphatic carbocycles. The average Bonchev–Trinajstić information content (AvgIpc) is 3.09. The number of allylic oxidation sites excluding steroid dienone is 1. The van der Waals surface area contributed by atoms with Gasteiger partial charge in [0.15, 0.2) is 0 Å². The molecular formula is C19H26N2O3S. The van der Waals surface area contributed by atoms with E-state index in [9.17, 15) is 13.2 Å². The van der Waals surface area contributed by atoms with E-state index in [4.69, 9.17) is 0 Å². The molecule has 1 saturated heterocycles. The second kappa shape index (κ2) is 7.30. The second-order valence-corrected chi connectivity index (χ2v) is 8.71. The fourth-order valence-corrected chi connectivity index (χ4v) is 5.11. The Morgan fingerprint density at radius 1 is 1.12 bits per heavy atom. The van der Waals surface area contributed by atoms with E-state index in [1.807, 2.05) is 32.1 Å². The maximum Gasteiger partial charge on any atom is 0.249 e. The quantitative estimate of drug-likeness (QED) is 0.773. The zero-order valence-corrected chi connectivity index (χ0v) is 15.8. The number of nitrogens with zero attached hydrogens (tertiary/aromatic N) is 2. The van der Waals surface area contributed by atoms with Gasteiger partial charge in [-0.05, 0) is 55.9 Å². The smallest absolute Gasteiger partial charge is 0.249 e. The molecule has 0 bridgehead atoms. The van der Waals surface area contributed by atoms with E-state index in [0.717, 1.165) is 36.8 Å². The molecule has 2 aliphatic rings. The number of sulfonamides is 1. The molecule has 5 nitrogen and oxygen atoms in total. The van der Waals surface area contributed by atoms with Gasteiger partial charge in [-0.3, -0.25) is 4.79 Å². The number of aryl methyl sites for hydroxylation is 2. The molecule has 1 aromatic carbocycles. The first-order valence-electron chi connectivity index (χ1n) is 9.01. The number of fused-ring (bicyclic) bond motifs is 1. The second-order valence-electron chi connectivity index (χ2n) is 6.78. The summed E-state index contributed by atoms with van der Waals surface area (Å²) in [7, 11) is -3.48. The summed E-state index contributed by atoms with van der Waals surface area (Å²) >= 11 is 0. The molecule has 0 radical (unpaired) electrons. The molecule has 6 heteroatoms. The number of rotatable bonds is 4. The van der Waals surface area contributed by atoms with Gasteiger partial charge < -0.3 is 4.90 Å². The third-order valence-corrected chi connectivity index (χ3v) is 6.98. The van der Waals surface area contributed by atoms with Crippen LogP contribution in [0.1, 0.15) is 37.8 Å². The molecule has 0 unspecified atom stereocenters. The predicted molar refractivity (Wildman–Crippen MR) is 97.9 cm³/mol. The molecule has 0 atom stereocenters. The molecule has 1 heterocycles. The van der Waals surface area contributed by atoms with Crippen LogP contribution in [0, 0.1) is 0 Å². The van der Waals surface area contributed by atoms with Crippen molar-refractivity contribution >= 4 is 15.9 Å². The van der Waals surface area contributed by atoms with E-state index >= 15 is 0 Å². The Labute approximate surface area is 150 Å². The molecule has 136 valence electrons. The highest BCUT2D eigenvalue weighted by Crippen LogP contribution is 2.26. The molecule has 25 heavy (non-hydrogen) atoms. The number of benzene rings is 1. The van der Waals surface area contributed by atoms with Gasteiger partial charge in [-0.25, -0.2) is 8.42 Å². The first-order chi connectivity index (χ1) is 11.9. The molecule has 1 amide bonds. The Morgan fingerprint density at radius 3 is 2.48 bits per heavy atom. The number of hydrogen-bond donors (Lipinski definition) is 0. The topological polar surface area (TPSA) is 57.7 Å². The summed E-state index contributed by atoms with van der Waals surface area (Å²) in [4.78, 5) is 14.5. The minimum absolute atomic E-state index is 0.0106. The van der Waals surface area contributed by atoms with Crippen molar-refractivity contribution in [2.75, 3.05) is 26.2 Å². The van der Waals surface area contributed by atoms with Crippen LogP contribution < -0.4 is 0 Å². The van der Waals surface area contributed by atoms with Crippen LogP contribution in [0.25, 0.3) is 0 Å². The maximum absolute atomic E-state index is 12.9. The lowest BCUT2D eigenvalue weighted by Gasteiger charge is -2.34. The van der Waals surface area contributed by atoms with Crippen molar-refractivity contribution in [2.24, 2.45) is 0 Å². The van der Waals surface area contributed by atoms with Crippen molar-refractivity contribution in [1.82, 2.24) is 9.21 Å². The summed E-state index contributed by atoms with van der Waals surface area (Å²) in [6.07, 6.45) is 5.84. The molecule has 0 aromatic heterocycles. The van der Waals surface area contributed by atoms with Crippen LogP contribution in [-0.4, -0.2) is 49.7 Å². The van der Waals surface area contributed by atoms with E-state index < -0.39 is 10.0 Å². The van der Waals surface area contributed by atoms with Gasteiger partial charge in [0.05, 0.1) is 4.90 Å². The summed E-state index contributed by atoms with van der Waals surface area (Å²) in [5.74, 6) is 0.0106. The first-order valence-corrected chi connectivity index (χ1v) is 10.5. The summed E-state index contributed by atoms with van der Waals surface area (Å²) in [5, 5.41) is 0. The Bertz CT molecular complexity index is 791. The molecule has 0 N–H and O–H groups in total. The van der Waals surface area contributed by atoms with Gasteiger partial charge in [0.2, 0.25) is 15.9 Å². The van der Waals surface area contributed by atoms with Crippen LogP contribution >= 0.6 is 0 Å². The van der Waals surface area contributed by atoms with Crippen molar-refractivity contribution < 1.29 is 13.2 Å². The zero-order valence-electron chi connectivity index (χ0n) is 15.0. The maximum atomic E-state index is 12.9. The molecular weight excluding hydrogens is 336 g/mol. The third kappa shape index (κ3) is 3.65. The van der Waals surface area contributed by atoms with E-state index in [1.54, 1.807) is 11.0 Å². The third-order valence-electron chi connectivity index (χ3n) is 5.08. The van der Waals surface area contributed by atoms with Crippen LogP contribution in [0.15, 0.2) is 34.7 Å². The number of piperazine rings is 1. The lowest BCUT2D eigenvalue weighted by molar-refractivity contribution is -0.128. The van der Waals surface area contributed by atoms with E-state index in [1.165, 1.54) is 9.87 Å². The lowest BCUT2D eigenvalue weighted by atomic mass is 10.1. The summed E-state index contributed by atoms with van der Waals surface area (Å²) in [6.45, 7) is 5.41. The Morgan fingerprint density at radius 2 is 1.80 bits per heavy atom. The van der Waals surface area contributed by atoms with Crippen LogP contribution in [0.2, 0.25) is 0 Å². The number of carbonyl (C=O) groups excluding carboxylic acids is 1. The molecule has 0 spiro atoms. The van der Waals surface area contributed by atoms with Gasteiger partial charge in [0.1, 0.15) is 0 Å². The number of hydrogen-bond acceptors (Lipinski definition) is 3. The Balaban J connectivity index is 1.70. The monoisotopic (exact) mass is 362 g/mol. The Kier molecular flexibility index (Phi) is 5.29. The predicted octanol–water partition coefficient (Wildman–Crippen LogP) is 2.36. The molecule has 3 rings (SSSR count). The molecule has 1 aliphatic heterocycles. The van der Waals surface area contributed by atoms with Crippen molar-refractivity contribution in [2.45, 2.75) is 44.4 Å². The van der Waals surface area contributed by atoms with E-state index in [2.05, 4.69) is 0 Å². The largest absolute Gasteiger partial charge is 0.336 e. The van der Waals surface area contributed by atoms with E-state index in [-0.39, 0.29) is 5.91 Å². The van der Waals surface area contributed by atoms with Crippen molar-refractivity contribution in [3.05, 3.63) is 41.0 Å². The van der Waals surface area contributed by atoms with Crippen molar-refractivity contribution in [3.63, 3.8) is 0 Å². The fourth-order valence-electron chi connectivity index (χ4n) is 3.63. The van der Waals surface area contributed by atoms with Crippen LogP contribution in [0.4, 0.5) is 0 Å². The van der Waals surface area contributed by atoms with E-state index in [0.29, 0.717) is 31.1 Å². The zero-order chi connectivity index (χ0) is 18.0. The number of carbonyl (C=O) groups is 1. The summed E-state index contributed by atoms with van der Waals surface area (Å²) in [6, 6.07) is 5.52. The highest BCUT2D eigenvalue weighted by molar-refractivity contribution is 7.89. The van der Waals surface area contributed by atoms with Crippen LogP contribution in [-0.2, 0) is 27.7 Å². The fraction of sp³-hybridized carbons (Fsp3) is 0.526. The normalized spacial score (nSPS) is 19.1. The molecule has 1 aromatic rings. The lowest BCUT2D eigenvalue weighted by Crippen LogP contribution is -2.50. The Hall–Kier alpha value is -1.66.